The maximum atomic E-state index is 14.8. The number of nitrogens with one attached hydrogen (secondary N) is 12. The zero-order chi connectivity index (χ0) is 54.1. The third-order valence-corrected chi connectivity index (χ3v) is 12.9. The maximum Gasteiger partial charge on any atom is 0.411 e. The molecule has 0 radical (unpaired) electrons. The van der Waals surface area contributed by atoms with E-state index < -0.39 is 177 Å². The van der Waals surface area contributed by atoms with Crippen LogP contribution >= 0.6 is 0 Å². The normalized spacial score (nSPS) is 30.7. The average molecular weight is 1040 g/mol. The molecule has 0 bridgehead atoms. The lowest BCUT2D eigenvalue weighted by Crippen LogP contribution is -2.69. The van der Waals surface area contributed by atoms with Gasteiger partial charge in [0, 0.05) is 25.4 Å². The van der Waals surface area contributed by atoms with Gasteiger partial charge in [-0.3, -0.25) is 44.9 Å². The third-order valence-electron chi connectivity index (χ3n) is 12.9. The second-order valence-electron chi connectivity index (χ2n) is 17.8. The Labute approximate surface area is 420 Å². The molecule has 0 spiro atoms. The Bertz CT molecular complexity index is 2420. The number of carbonyl (C=O) groups excluding carboxylic acids is 7. The number of amides is 7. The number of methoxy groups -OCH3 is 1. The van der Waals surface area contributed by atoms with E-state index in [2.05, 4.69) is 57.9 Å². The van der Waals surface area contributed by atoms with Crippen LogP contribution in [0.15, 0.2) is 48.5 Å². The molecule has 6 rings (SSSR count). The summed E-state index contributed by atoms with van der Waals surface area (Å²) in [4.78, 5) is 98.8. The number of phenolic OH excluding ortho intramolecular Hbond substituents is 1. The first-order valence-corrected chi connectivity index (χ1v) is 23.1. The van der Waals surface area contributed by atoms with Gasteiger partial charge < -0.3 is 103 Å². The topological polar surface area (TPSA) is 471 Å². The van der Waals surface area contributed by atoms with E-state index in [1.54, 1.807) is 37.3 Å². The zero-order valence-corrected chi connectivity index (χ0v) is 39.7. The molecule has 7 amide bonds. The van der Waals surface area contributed by atoms with Crippen LogP contribution in [0.5, 0.6) is 5.75 Å². The van der Waals surface area contributed by atoms with Gasteiger partial charge in [-0.1, -0.05) is 43.3 Å². The Hall–Kier alpha value is -7.45. The minimum Gasteiger partial charge on any atom is -0.506 e. The Morgan fingerprint density at radius 3 is 2.05 bits per heavy atom. The average Bonchev–Trinajstić information content (AvgIpc) is 4.01. The lowest BCUT2D eigenvalue weighted by molar-refractivity contribution is -0.260. The first-order valence-electron chi connectivity index (χ1n) is 23.1. The second kappa shape index (κ2) is 24.5. The van der Waals surface area contributed by atoms with E-state index in [9.17, 15) is 74.4 Å². The fraction of sp³-hybridized carbons (Fsp3) is 0.523. The summed E-state index contributed by atoms with van der Waals surface area (Å²) in [5, 5.41) is 128. The SMILES string of the molecule is COC(=O)Nc1cc(CC2NC(=O)C(C(C)c3ccccc3)NC(=O)CNC(=O)C(CO)NC(=O)C(C(O)C3CNC(=N)N3C3OC(CO)C(O)C(O)C3O)NC(=O)C(C(O)C3CNC(=N)N3)NC2=O)ccc1O. The van der Waals surface area contributed by atoms with E-state index in [0.29, 0.717) is 5.56 Å². The molecular formula is C44H61N13O17. The van der Waals surface area contributed by atoms with Gasteiger partial charge in [-0.15, -0.1) is 0 Å². The van der Waals surface area contributed by atoms with Crippen molar-refractivity contribution < 1.29 is 83.9 Å². The van der Waals surface area contributed by atoms with Crippen molar-refractivity contribution in [1.82, 2.24) is 52.8 Å². The van der Waals surface area contributed by atoms with Gasteiger partial charge in [-0.05, 0) is 23.3 Å². The van der Waals surface area contributed by atoms with E-state index in [1.165, 1.54) is 12.1 Å². The van der Waals surface area contributed by atoms with E-state index in [4.69, 9.17) is 15.6 Å². The molecular weight excluding hydrogens is 983 g/mol. The summed E-state index contributed by atoms with van der Waals surface area (Å²) in [6.07, 6.45) is -15.0. The highest BCUT2D eigenvalue weighted by Gasteiger charge is 2.53. The smallest absolute Gasteiger partial charge is 0.411 e. The molecule has 4 heterocycles. The Morgan fingerprint density at radius 2 is 1.41 bits per heavy atom. The molecule has 0 saturated carbocycles. The molecule has 4 aliphatic rings. The maximum absolute atomic E-state index is 14.8. The molecule has 2 aromatic carbocycles. The van der Waals surface area contributed by atoms with Crippen molar-refractivity contribution in [2.75, 3.05) is 45.3 Å². The standard InChI is InChI=1S/C44H61N13O17/c1-17(19-6-4-3-5-7-19)28-38(69)50-21(11-18-8-9-25(60)20(10-18)53-44(72)73-2)37(68)55-29(31(62)22-12-48-42(45)52-22)40(71)56-30(39(70)51-23(15-58)36(67)47-14-27(61)54-28)32(63)24-13-49-43(46)57(24)41-35(66)34(65)33(64)26(16-59)74-41/h3-10,17,21-24,26,28-35,41,58-60,62-66H,11-16H2,1-2H3,(H2,46,49)(H,47,67)(H,50,69)(H,51,70)(H,53,72)(H,54,61)(H,55,68)(H,56,71)(H3,45,48,52). The van der Waals surface area contributed by atoms with Gasteiger partial charge in [0.25, 0.3) is 0 Å². The largest absolute Gasteiger partial charge is 0.506 e. The molecule has 0 aromatic heterocycles. The van der Waals surface area contributed by atoms with Gasteiger partial charge in [0.1, 0.15) is 72.6 Å². The van der Waals surface area contributed by atoms with Crippen LogP contribution in [-0.4, -0.2) is 224 Å². The number of rotatable bonds is 12. The van der Waals surface area contributed by atoms with Crippen molar-refractivity contribution in [2.24, 2.45) is 0 Å². The van der Waals surface area contributed by atoms with Crippen molar-refractivity contribution in [3.8, 4) is 5.75 Å². The fourth-order valence-electron chi connectivity index (χ4n) is 8.75. The highest BCUT2D eigenvalue weighted by atomic mass is 16.6. The molecule has 15 unspecified atom stereocenters. The summed E-state index contributed by atoms with van der Waals surface area (Å²) < 4.78 is 10.3. The van der Waals surface area contributed by atoms with Crippen molar-refractivity contribution in [1.29, 1.82) is 10.8 Å². The van der Waals surface area contributed by atoms with Gasteiger partial charge in [0.2, 0.25) is 35.4 Å². The monoisotopic (exact) mass is 1040 g/mol. The summed E-state index contributed by atoms with van der Waals surface area (Å²) in [6, 6.07) is -0.503. The highest BCUT2D eigenvalue weighted by molar-refractivity contribution is 5.98. The number of nitrogens with zero attached hydrogens (tertiary/aromatic N) is 1. The predicted molar refractivity (Wildman–Crippen MR) is 252 cm³/mol. The quantitative estimate of drug-likeness (QED) is 0.0878. The summed E-state index contributed by atoms with van der Waals surface area (Å²) in [6.45, 7) is -2.00. The Balaban J connectivity index is 1.44. The highest BCUT2D eigenvalue weighted by Crippen LogP contribution is 2.29. The Kier molecular flexibility index (Phi) is 18.5. The molecule has 404 valence electrons. The summed E-state index contributed by atoms with van der Waals surface area (Å²) in [5.41, 5.74) is 0.498. The molecule has 15 atom stereocenters. The van der Waals surface area contributed by atoms with Crippen LogP contribution in [0.4, 0.5) is 10.5 Å². The number of aromatic hydroxyl groups is 1. The summed E-state index contributed by atoms with van der Waals surface area (Å²) >= 11 is 0. The lowest BCUT2D eigenvalue weighted by Gasteiger charge is -2.46. The molecule has 30 heteroatoms. The summed E-state index contributed by atoms with van der Waals surface area (Å²) in [5.74, 6) is -9.38. The van der Waals surface area contributed by atoms with E-state index in [0.717, 1.165) is 18.1 Å². The molecule has 20 N–H and O–H groups in total. The number of hydrogen-bond acceptors (Lipinski definition) is 19. The number of aliphatic hydroxyl groups excluding tert-OH is 7. The second-order valence-corrected chi connectivity index (χ2v) is 17.8. The molecule has 4 fully saturated rings. The van der Waals surface area contributed by atoms with Gasteiger partial charge >= 0.3 is 6.09 Å². The minimum absolute atomic E-state index is 0.158. The van der Waals surface area contributed by atoms with Crippen LogP contribution in [0, 0.1) is 10.8 Å². The third kappa shape index (κ3) is 12.8. The molecule has 30 nitrogen and oxygen atoms in total. The number of guanidine groups is 2. The zero-order valence-electron chi connectivity index (χ0n) is 39.7. The minimum atomic E-state index is -2.32. The number of aliphatic hydroxyl groups is 7. The number of phenols is 1. The molecule has 4 saturated heterocycles. The van der Waals surface area contributed by atoms with Crippen molar-refractivity contribution in [3.63, 3.8) is 0 Å². The number of carbonyl (C=O) groups is 7. The molecule has 0 aliphatic carbocycles. The lowest BCUT2D eigenvalue weighted by atomic mass is 9.92. The number of anilines is 1. The molecule has 2 aromatic rings. The van der Waals surface area contributed by atoms with Gasteiger partial charge in [-0.2, -0.15) is 0 Å². The van der Waals surface area contributed by atoms with Crippen LogP contribution < -0.4 is 53.2 Å². The van der Waals surface area contributed by atoms with Gasteiger partial charge in [-0.25, -0.2) is 4.79 Å². The first kappa shape index (κ1) is 55.9. The number of benzene rings is 2. The Morgan fingerprint density at radius 1 is 0.757 bits per heavy atom. The number of hydrogen-bond donors (Lipinski definition) is 20. The van der Waals surface area contributed by atoms with Gasteiger partial charge in [0.05, 0.1) is 44.6 Å². The van der Waals surface area contributed by atoms with E-state index in [-0.39, 0.29) is 23.8 Å². The van der Waals surface area contributed by atoms with Crippen LogP contribution in [-0.2, 0) is 44.7 Å². The van der Waals surface area contributed by atoms with Crippen LogP contribution in [0.3, 0.4) is 0 Å². The van der Waals surface area contributed by atoms with Crippen molar-refractivity contribution in [3.05, 3.63) is 59.7 Å². The van der Waals surface area contributed by atoms with Crippen molar-refractivity contribution >= 4 is 59.1 Å². The van der Waals surface area contributed by atoms with E-state index in [1.807, 2.05) is 0 Å². The summed E-state index contributed by atoms with van der Waals surface area (Å²) in [7, 11) is 1.07. The van der Waals surface area contributed by atoms with Crippen LogP contribution in [0.1, 0.15) is 24.0 Å². The van der Waals surface area contributed by atoms with Crippen LogP contribution in [0.25, 0.3) is 0 Å². The molecule has 74 heavy (non-hydrogen) atoms. The number of ether oxygens (including phenoxy) is 2. The van der Waals surface area contributed by atoms with Crippen LogP contribution in [0.2, 0.25) is 0 Å². The van der Waals surface area contributed by atoms with Crippen molar-refractivity contribution in [2.45, 2.75) is 104 Å². The fourth-order valence-corrected chi connectivity index (χ4v) is 8.75. The predicted octanol–water partition coefficient (Wildman–Crippen LogP) is -8.31. The molecule has 4 aliphatic heterocycles. The first-order chi connectivity index (χ1) is 35.2. The van der Waals surface area contributed by atoms with E-state index >= 15 is 0 Å². The van der Waals surface area contributed by atoms with Gasteiger partial charge in [0.15, 0.2) is 18.1 Å².